The first-order valence-electron chi connectivity index (χ1n) is 9.80. The maximum absolute atomic E-state index is 12.6. The molecule has 148 valence electrons. The van der Waals surface area contributed by atoms with Crippen LogP contribution >= 0.6 is 0 Å². The van der Waals surface area contributed by atoms with Gasteiger partial charge in [-0.3, -0.25) is 4.90 Å². The van der Waals surface area contributed by atoms with Gasteiger partial charge >= 0.3 is 0 Å². The predicted molar refractivity (Wildman–Crippen MR) is 111 cm³/mol. The number of fused-ring (bicyclic) bond motifs is 1. The van der Waals surface area contributed by atoms with E-state index in [1.165, 1.54) is 20.8 Å². The maximum Gasteiger partial charge on any atom is 0.236 e. The van der Waals surface area contributed by atoms with Crippen molar-refractivity contribution >= 4 is 16.1 Å². The number of phenolic OH excluding ortho intramolecular Hbond substituents is 1. The van der Waals surface area contributed by atoms with Gasteiger partial charge in [-0.1, -0.05) is 36.4 Å². The van der Waals surface area contributed by atoms with Gasteiger partial charge in [0.2, 0.25) is 10.0 Å². The van der Waals surface area contributed by atoms with Crippen LogP contribution in [0, 0.1) is 0 Å². The molecular formula is C22H26N2O3S. The van der Waals surface area contributed by atoms with Crippen LogP contribution in [0.1, 0.15) is 28.7 Å². The molecule has 0 atom stereocenters. The molecular weight excluding hydrogens is 372 g/mol. The van der Waals surface area contributed by atoms with Crippen molar-refractivity contribution < 1.29 is 13.5 Å². The fourth-order valence-corrected chi connectivity index (χ4v) is 5.16. The van der Waals surface area contributed by atoms with E-state index in [0.717, 1.165) is 30.4 Å². The number of phenols is 1. The van der Waals surface area contributed by atoms with Crippen molar-refractivity contribution in [2.45, 2.75) is 25.8 Å². The van der Waals surface area contributed by atoms with Gasteiger partial charge in [0, 0.05) is 43.7 Å². The third-order valence-corrected chi connectivity index (χ3v) is 7.18. The zero-order valence-corrected chi connectivity index (χ0v) is 16.7. The molecule has 0 amide bonds. The second-order valence-corrected chi connectivity index (χ2v) is 9.36. The minimum atomic E-state index is -3.42. The van der Waals surface area contributed by atoms with Gasteiger partial charge in [0.25, 0.3) is 0 Å². The van der Waals surface area contributed by atoms with E-state index in [2.05, 4.69) is 11.0 Å². The van der Waals surface area contributed by atoms with Crippen molar-refractivity contribution in [3.8, 4) is 5.75 Å². The average molecular weight is 399 g/mol. The molecule has 1 heterocycles. The molecule has 1 aliphatic heterocycles. The summed E-state index contributed by atoms with van der Waals surface area (Å²) in [6.45, 7) is 2.91. The summed E-state index contributed by atoms with van der Waals surface area (Å²) in [4.78, 5) is 2.21. The van der Waals surface area contributed by atoms with Crippen LogP contribution in [0.2, 0.25) is 0 Å². The van der Waals surface area contributed by atoms with Crippen LogP contribution in [0.3, 0.4) is 0 Å². The van der Waals surface area contributed by atoms with Crippen LogP contribution in [-0.4, -0.2) is 48.9 Å². The van der Waals surface area contributed by atoms with Gasteiger partial charge in [-0.2, -0.15) is 4.31 Å². The van der Waals surface area contributed by atoms with Gasteiger partial charge in [0.15, 0.2) is 0 Å². The lowest BCUT2D eigenvalue weighted by Crippen LogP contribution is -2.47. The SMILES string of the molecule is O=S(=O)(C=Cc1ccccc1)N1CCN(Cc2cc3c(cc2O)CCC3)CC1. The van der Waals surface area contributed by atoms with Crippen molar-refractivity contribution in [1.82, 2.24) is 9.21 Å². The lowest BCUT2D eigenvalue weighted by atomic mass is 10.0. The zero-order valence-electron chi connectivity index (χ0n) is 15.9. The topological polar surface area (TPSA) is 60.9 Å². The highest BCUT2D eigenvalue weighted by molar-refractivity contribution is 7.92. The first-order valence-corrected chi connectivity index (χ1v) is 11.3. The van der Waals surface area contributed by atoms with Crippen LogP contribution in [0.4, 0.5) is 0 Å². The quantitative estimate of drug-likeness (QED) is 0.841. The summed E-state index contributed by atoms with van der Waals surface area (Å²) in [7, 11) is -3.42. The maximum atomic E-state index is 12.6. The van der Waals surface area contributed by atoms with E-state index in [0.29, 0.717) is 38.5 Å². The fraction of sp³-hybridized carbons (Fsp3) is 0.364. The Morgan fingerprint density at radius 1 is 0.964 bits per heavy atom. The number of aromatic hydroxyl groups is 1. The molecule has 0 radical (unpaired) electrons. The summed E-state index contributed by atoms with van der Waals surface area (Å²) < 4.78 is 26.7. The fourth-order valence-electron chi connectivity index (χ4n) is 3.99. The van der Waals surface area contributed by atoms with Crippen molar-refractivity contribution in [3.05, 3.63) is 70.1 Å². The van der Waals surface area contributed by atoms with Crippen LogP contribution in [0.25, 0.3) is 6.08 Å². The van der Waals surface area contributed by atoms with Gasteiger partial charge < -0.3 is 5.11 Å². The first-order chi connectivity index (χ1) is 13.5. The van der Waals surface area contributed by atoms with Crippen molar-refractivity contribution in [3.63, 3.8) is 0 Å². The van der Waals surface area contributed by atoms with E-state index in [1.54, 1.807) is 6.08 Å². The average Bonchev–Trinajstić information content (AvgIpc) is 3.15. The second kappa shape index (κ2) is 8.07. The number of benzene rings is 2. The number of nitrogens with zero attached hydrogens (tertiary/aromatic N) is 2. The molecule has 0 saturated carbocycles. The molecule has 1 aliphatic carbocycles. The number of hydrogen-bond donors (Lipinski definition) is 1. The first kappa shape index (κ1) is 19.2. The second-order valence-electron chi connectivity index (χ2n) is 7.54. The van der Waals surface area contributed by atoms with Crippen molar-refractivity contribution in [2.75, 3.05) is 26.2 Å². The molecule has 1 fully saturated rings. The Balaban J connectivity index is 1.36. The Bertz CT molecular complexity index is 963. The molecule has 2 aromatic rings. The van der Waals surface area contributed by atoms with E-state index in [1.807, 2.05) is 36.4 Å². The van der Waals surface area contributed by atoms with Gasteiger partial charge in [0.05, 0.1) is 0 Å². The summed E-state index contributed by atoms with van der Waals surface area (Å²) in [6.07, 6.45) is 4.94. The molecule has 1 saturated heterocycles. The molecule has 2 aliphatic rings. The van der Waals surface area contributed by atoms with Crippen LogP contribution in [-0.2, 0) is 29.4 Å². The van der Waals surface area contributed by atoms with Crippen molar-refractivity contribution in [2.24, 2.45) is 0 Å². The van der Waals surface area contributed by atoms with E-state index in [-0.39, 0.29) is 0 Å². The van der Waals surface area contributed by atoms with Gasteiger partial charge in [0.1, 0.15) is 5.75 Å². The molecule has 0 spiro atoms. The summed E-state index contributed by atoms with van der Waals surface area (Å²) in [6, 6.07) is 13.5. The number of hydrogen-bond acceptors (Lipinski definition) is 4. The number of piperazine rings is 1. The van der Waals surface area contributed by atoms with Gasteiger partial charge in [-0.15, -0.1) is 0 Å². The van der Waals surface area contributed by atoms with Crippen LogP contribution < -0.4 is 0 Å². The lowest BCUT2D eigenvalue weighted by molar-refractivity contribution is 0.181. The van der Waals surface area contributed by atoms with E-state index >= 15 is 0 Å². The molecule has 5 nitrogen and oxygen atoms in total. The van der Waals surface area contributed by atoms with Gasteiger partial charge in [-0.05, 0) is 48.1 Å². The highest BCUT2D eigenvalue weighted by atomic mass is 32.2. The Kier molecular flexibility index (Phi) is 5.53. The minimum absolute atomic E-state index is 0.362. The molecule has 2 aromatic carbocycles. The summed E-state index contributed by atoms with van der Waals surface area (Å²) in [5, 5.41) is 11.6. The van der Waals surface area contributed by atoms with Crippen molar-refractivity contribution in [1.29, 1.82) is 0 Å². The molecule has 4 rings (SSSR count). The third kappa shape index (κ3) is 4.29. The smallest absolute Gasteiger partial charge is 0.236 e. The van der Waals surface area contributed by atoms with E-state index in [9.17, 15) is 13.5 Å². The third-order valence-electron chi connectivity index (χ3n) is 5.61. The predicted octanol–water partition coefficient (Wildman–Crippen LogP) is 3.00. The zero-order chi connectivity index (χ0) is 19.6. The number of aryl methyl sites for hydroxylation is 2. The molecule has 0 unspecified atom stereocenters. The van der Waals surface area contributed by atoms with Crippen LogP contribution in [0.15, 0.2) is 47.9 Å². The van der Waals surface area contributed by atoms with Gasteiger partial charge in [-0.25, -0.2) is 8.42 Å². The largest absolute Gasteiger partial charge is 0.508 e. The molecule has 6 heteroatoms. The summed E-state index contributed by atoms with van der Waals surface area (Å²) >= 11 is 0. The normalized spacial score (nSPS) is 18.6. The molecule has 28 heavy (non-hydrogen) atoms. The van der Waals surface area contributed by atoms with E-state index < -0.39 is 10.0 Å². The Labute approximate surface area is 167 Å². The summed E-state index contributed by atoms with van der Waals surface area (Å²) in [5.74, 6) is 0.362. The Morgan fingerprint density at radius 2 is 1.64 bits per heavy atom. The molecule has 0 aromatic heterocycles. The van der Waals surface area contributed by atoms with Crippen LogP contribution in [0.5, 0.6) is 5.75 Å². The van der Waals surface area contributed by atoms with E-state index in [4.69, 9.17) is 0 Å². The Morgan fingerprint density at radius 3 is 2.36 bits per heavy atom. The highest BCUT2D eigenvalue weighted by Gasteiger charge is 2.25. The molecule has 0 bridgehead atoms. The lowest BCUT2D eigenvalue weighted by Gasteiger charge is -2.33. The monoisotopic (exact) mass is 398 g/mol. The minimum Gasteiger partial charge on any atom is -0.508 e. The molecule has 1 N–H and O–H groups in total. The Hall–Kier alpha value is -2.15. The standard InChI is InChI=1S/C22H26N2O3S/c25-22-16-20-8-4-7-19(20)15-21(22)17-23-10-12-24(13-11-23)28(26,27)14-9-18-5-2-1-3-6-18/h1-3,5-6,9,14-16,25H,4,7-8,10-13,17H2. The highest BCUT2D eigenvalue weighted by Crippen LogP contribution is 2.30. The number of rotatable bonds is 5. The summed E-state index contributed by atoms with van der Waals surface area (Å²) in [5.41, 5.74) is 4.43. The number of sulfonamides is 1.